The molecule has 0 bridgehead atoms. The summed E-state index contributed by atoms with van der Waals surface area (Å²) in [6.07, 6.45) is -1.75. The van der Waals surface area contributed by atoms with Gasteiger partial charge in [-0.2, -0.15) is 5.10 Å². The van der Waals surface area contributed by atoms with Crippen molar-refractivity contribution in [1.82, 2.24) is 14.8 Å². The van der Waals surface area contributed by atoms with Gasteiger partial charge < -0.3 is 5.11 Å². The molecule has 0 radical (unpaired) electrons. The van der Waals surface area contributed by atoms with E-state index in [4.69, 9.17) is 0 Å². The lowest BCUT2D eigenvalue weighted by Gasteiger charge is -2.14. The highest BCUT2D eigenvalue weighted by atomic mass is 19.3. The number of halogens is 2. The van der Waals surface area contributed by atoms with Crippen molar-refractivity contribution in [2.24, 2.45) is 0 Å². The molecule has 108 valence electrons. The summed E-state index contributed by atoms with van der Waals surface area (Å²) in [6.45, 7) is 3.92. The second kappa shape index (κ2) is 6.09. The first-order valence-corrected chi connectivity index (χ1v) is 6.43. The largest absolute Gasteiger partial charge is 0.388 e. The van der Waals surface area contributed by atoms with E-state index in [-0.39, 0.29) is 18.0 Å². The molecule has 0 aliphatic carbocycles. The van der Waals surface area contributed by atoms with Crippen LogP contribution in [0, 0.1) is 0 Å². The van der Waals surface area contributed by atoms with Gasteiger partial charge in [-0.15, -0.1) is 0 Å². The van der Waals surface area contributed by atoms with Gasteiger partial charge in [0.15, 0.2) is 0 Å². The summed E-state index contributed by atoms with van der Waals surface area (Å²) < 4.78 is 27.0. The van der Waals surface area contributed by atoms with Crippen molar-refractivity contribution in [2.75, 3.05) is 0 Å². The van der Waals surface area contributed by atoms with E-state index in [0.717, 1.165) is 0 Å². The second-order valence-electron chi connectivity index (χ2n) is 4.91. The van der Waals surface area contributed by atoms with Crippen molar-refractivity contribution in [1.29, 1.82) is 0 Å². The van der Waals surface area contributed by atoms with Crippen LogP contribution in [-0.4, -0.2) is 19.9 Å². The Balaban J connectivity index is 2.17. The summed E-state index contributed by atoms with van der Waals surface area (Å²) >= 11 is 0. The SMILES string of the molecule is CC(C)n1ncnc1CC(O)c1cccc(C(F)F)c1. The van der Waals surface area contributed by atoms with Gasteiger partial charge in [0.2, 0.25) is 0 Å². The molecule has 0 saturated heterocycles. The number of hydrogen-bond acceptors (Lipinski definition) is 3. The van der Waals surface area contributed by atoms with Crippen LogP contribution in [0.2, 0.25) is 0 Å². The fourth-order valence-electron chi connectivity index (χ4n) is 2.04. The third-order valence-electron chi connectivity index (χ3n) is 3.06. The standard InChI is InChI=1S/C14H17F2N3O/c1-9(2)19-13(17-8-18-19)7-12(20)10-4-3-5-11(6-10)14(15)16/h3-6,8-9,12,14,20H,7H2,1-2H3. The molecule has 0 fully saturated rings. The average Bonchev–Trinajstić information content (AvgIpc) is 2.87. The van der Waals surface area contributed by atoms with Gasteiger partial charge in [-0.1, -0.05) is 18.2 Å². The molecule has 20 heavy (non-hydrogen) atoms. The lowest BCUT2D eigenvalue weighted by Crippen LogP contribution is -2.12. The lowest BCUT2D eigenvalue weighted by molar-refractivity contribution is 0.149. The van der Waals surface area contributed by atoms with Crippen molar-refractivity contribution in [3.05, 3.63) is 47.5 Å². The Morgan fingerprint density at radius 3 is 2.60 bits per heavy atom. The van der Waals surface area contributed by atoms with Gasteiger partial charge in [0.25, 0.3) is 6.43 Å². The predicted molar refractivity (Wildman–Crippen MR) is 70.5 cm³/mol. The number of rotatable bonds is 5. The van der Waals surface area contributed by atoms with Crippen molar-refractivity contribution < 1.29 is 13.9 Å². The van der Waals surface area contributed by atoms with E-state index in [9.17, 15) is 13.9 Å². The topological polar surface area (TPSA) is 50.9 Å². The fraction of sp³-hybridized carbons (Fsp3) is 0.429. The zero-order chi connectivity index (χ0) is 14.7. The van der Waals surface area contributed by atoms with Gasteiger partial charge in [-0.25, -0.2) is 18.4 Å². The molecular formula is C14H17F2N3O. The van der Waals surface area contributed by atoms with Gasteiger partial charge in [-0.3, -0.25) is 0 Å². The molecule has 1 heterocycles. The molecule has 1 aromatic carbocycles. The number of aliphatic hydroxyl groups is 1. The first-order chi connectivity index (χ1) is 9.49. The summed E-state index contributed by atoms with van der Waals surface area (Å²) in [5, 5.41) is 14.3. The molecule has 2 aromatic rings. The summed E-state index contributed by atoms with van der Waals surface area (Å²) in [7, 11) is 0. The van der Waals surface area contributed by atoms with Crippen LogP contribution in [0.3, 0.4) is 0 Å². The Labute approximate surface area is 116 Å². The molecule has 0 aliphatic rings. The summed E-state index contributed by atoms with van der Waals surface area (Å²) in [5.74, 6) is 0.634. The highest BCUT2D eigenvalue weighted by Crippen LogP contribution is 2.24. The summed E-state index contributed by atoms with van der Waals surface area (Å²) in [5.41, 5.74) is 0.369. The highest BCUT2D eigenvalue weighted by Gasteiger charge is 2.16. The van der Waals surface area contributed by atoms with Crippen LogP contribution < -0.4 is 0 Å². The van der Waals surface area contributed by atoms with Gasteiger partial charge in [0.1, 0.15) is 12.2 Å². The molecule has 0 aliphatic heterocycles. The zero-order valence-electron chi connectivity index (χ0n) is 11.4. The maximum absolute atomic E-state index is 12.6. The molecule has 0 amide bonds. The number of alkyl halides is 2. The normalized spacial score (nSPS) is 13.2. The van der Waals surface area contributed by atoms with Crippen LogP contribution in [-0.2, 0) is 6.42 Å². The number of aromatic nitrogens is 3. The molecule has 2 rings (SSSR count). The number of aliphatic hydroxyl groups excluding tert-OH is 1. The third-order valence-corrected chi connectivity index (χ3v) is 3.06. The van der Waals surface area contributed by atoms with Crippen LogP contribution in [0.1, 0.15) is 49.4 Å². The minimum Gasteiger partial charge on any atom is -0.388 e. The van der Waals surface area contributed by atoms with Gasteiger partial charge in [0, 0.05) is 18.0 Å². The van der Waals surface area contributed by atoms with E-state index in [1.165, 1.54) is 24.5 Å². The Hall–Kier alpha value is -1.82. The van der Waals surface area contributed by atoms with E-state index >= 15 is 0 Å². The molecule has 1 atom stereocenters. The quantitative estimate of drug-likeness (QED) is 0.916. The molecule has 1 unspecified atom stereocenters. The Morgan fingerprint density at radius 1 is 1.25 bits per heavy atom. The van der Waals surface area contributed by atoms with Crippen LogP contribution in [0.5, 0.6) is 0 Å². The number of nitrogens with zero attached hydrogens (tertiary/aromatic N) is 3. The average molecular weight is 281 g/mol. The van der Waals surface area contributed by atoms with E-state index < -0.39 is 12.5 Å². The van der Waals surface area contributed by atoms with Crippen LogP contribution in [0.25, 0.3) is 0 Å². The predicted octanol–water partition coefficient (Wildman–Crippen LogP) is 3.07. The maximum Gasteiger partial charge on any atom is 0.263 e. The molecular weight excluding hydrogens is 264 g/mol. The van der Waals surface area contributed by atoms with Crippen molar-refractivity contribution in [3.8, 4) is 0 Å². The summed E-state index contributed by atoms with van der Waals surface area (Å²) in [4.78, 5) is 4.10. The fourth-order valence-corrected chi connectivity index (χ4v) is 2.04. The lowest BCUT2D eigenvalue weighted by atomic mass is 10.0. The molecule has 1 N–H and O–H groups in total. The van der Waals surface area contributed by atoms with Crippen LogP contribution in [0.4, 0.5) is 8.78 Å². The molecule has 0 saturated carbocycles. The smallest absolute Gasteiger partial charge is 0.263 e. The van der Waals surface area contributed by atoms with Crippen molar-refractivity contribution in [2.45, 2.75) is 38.8 Å². The Bertz CT molecular complexity index is 569. The van der Waals surface area contributed by atoms with Crippen LogP contribution in [0.15, 0.2) is 30.6 Å². The maximum atomic E-state index is 12.6. The first-order valence-electron chi connectivity index (χ1n) is 6.43. The van der Waals surface area contributed by atoms with Gasteiger partial charge in [-0.05, 0) is 25.5 Å². The minimum absolute atomic E-state index is 0.0909. The van der Waals surface area contributed by atoms with E-state index in [0.29, 0.717) is 11.4 Å². The minimum atomic E-state index is -2.54. The molecule has 4 nitrogen and oxygen atoms in total. The van der Waals surface area contributed by atoms with Crippen LogP contribution >= 0.6 is 0 Å². The Kier molecular flexibility index (Phi) is 4.44. The van der Waals surface area contributed by atoms with Gasteiger partial charge >= 0.3 is 0 Å². The third kappa shape index (κ3) is 3.19. The van der Waals surface area contributed by atoms with E-state index in [1.807, 2.05) is 13.8 Å². The Morgan fingerprint density at radius 2 is 1.95 bits per heavy atom. The highest BCUT2D eigenvalue weighted by molar-refractivity contribution is 5.26. The van der Waals surface area contributed by atoms with E-state index in [1.54, 1.807) is 10.7 Å². The van der Waals surface area contributed by atoms with Crippen molar-refractivity contribution in [3.63, 3.8) is 0 Å². The number of benzene rings is 1. The van der Waals surface area contributed by atoms with Crippen molar-refractivity contribution >= 4 is 0 Å². The molecule has 6 heteroatoms. The van der Waals surface area contributed by atoms with Gasteiger partial charge in [0.05, 0.1) is 6.10 Å². The monoisotopic (exact) mass is 281 g/mol. The zero-order valence-corrected chi connectivity index (χ0v) is 11.4. The summed E-state index contributed by atoms with van der Waals surface area (Å²) in [6, 6.07) is 5.95. The second-order valence-corrected chi connectivity index (χ2v) is 4.91. The molecule has 0 spiro atoms. The molecule has 1 aromatic heterocycles. The first kappa shape index (κ1) is 14.6. The van der Waals surface area contributed by atoms with E-state index in [2.05, 4.69) is 10.1 Å². The number of hydrogen-bond donors (Lipinski definition) is 1.